The highest BCUT2D eigenvalue weighted by atomic mass is 19.4. The smallest absolute Gasteiger partial charge is 0.367 e. The summed E-state index contributed by atoms with van der Waals surface area (Å²) in [5, 5.41) is 0. The summed E-state index contributed by atoms with van der Waals surface area (Å²) in [6, 6.07) is 13.7. The monoisotopic (exact) mass is 277 g/mol. The molecule has 1 atom stereocenters. The molecule has 0 radical (unpaired) electrons. The number of halogens is 3. The fourth-order valence-corrected chi connectivity index (χ4v) is 2.78. The van der Waals surface area contributed by atoms with Crippen molar-refractivity contribution in [2.45, 2.75) is 18.6 Å². The number of para-hydroxylation sites is 1. The molecule has 0 spiro atoms. The lowest BCUT2D eigenvalue weighted by Crippen LogP contribution is -2.19. The van der Waals surface area contributed by atoms with Gasteiger partial charge in [0.1, 0.15) is 0 Å². The van der Waals surface area contributed by atoms with Gasteiger partial charge in [-0.3, -0.25) is 0 Å². The minimum atomic E-state index is -4.27. The molecule has 1 nitrogen and oxygen atoms in total. The molecule has 0 saturated heterocycles. The quantitative estimate of drug-likeness (QED) is 0.745. The molecule has 104 valence electrons. The van der Waals surface area contributed by atoms with Crippen LogP contribution in [0.1, 0.15) is 22.7 Å². The molecule has 1 heterocycles. The van der Waals surface area contributed by atoms with E-state index in [0.29, 0.717) is 0 Å². The van der Waals surface area contributed by atoms with Crippen LogP contribution in [0.4, 0.5) is 18.9 Å². The summed E-state index contributed by atoms with van der Waals surface area (Å²) in [6.45, 7) is 0. The lowest BCUT2D eigenvalue weighted by Gasteiger charge is -2.23. The van der Waals surface area contributed by atoms with Gasteiger partial charge in [-0.25, -0.2) is 0 Å². The number of hydrogen-bond donors (Lipinski definition) is 0. The topological polar surface area (TPSA) is 3.24 Å². The second kappa shape index (κ2) is 4.54. The third kappa shape index (κ3) is 2.15. The fraction of sp³-hybridized carbons (Fsp3) is 0.250. The highest BCUT2D eigenvalue weighted by Gasteiger charge is 2.31. The van der Waals surface area contributed by atoms with Gasteiger partial charge in [-0.2, -0.15) is 13.2 Å². The number of likely N-dealkylation sites (N-methyl/N-ethyl adjacent to an activating group) is 1. The van der Waals surface area contributed by atoms with Crippen molar-refractivity contribution in [1.29, 1.82) is 0 Å². The number of hydrogen-bond acceptors (Lipinski definition) is 1. The third-order valence-electron chi connectivity index (χ3n) is 3.88. The lowest BCUT2D eigenvalue weighted by atomic mass is 10.0. The Hall–Kier alpha value is -1.97. The predicted molar refractivity (Wildman–Crippen MR) is 72.7 cm³/mol. The summed E-state index contributed by atoms with van der Waals surface area (Å²) in [4.78, 5) is 2.12. The Balaban J connectivity index is 1.89. The first-order chi connectivity index (χ1) is 9.47. The van der Waals surface area contributed by atoms with Gasteiger partial charge in [-0.05, 0) is 35.7 Å². The van der Waals surface area contributed by atoms with Gasteiger partial charge in [0.2, 0.25) is 0 Å². The Morgan fingerprint density at radius 1 is 1.00 bits per heavy atom. The minimum Gasteiger partial charge on any atom is -0.367 e. The average molecular weight is 277 g/mol. The van der Waals surface area contributed by atoms with Gasteiger partial charge in [-0.15, -0.1) is 0 Å². The van der Waals surface area contributed by atoms with Crippen molar-refractivity contribution in [2.24, 2.45) is 0 Å². The highest BCUT2D eigenvalue weighted by molar-refractivity contribution is 5.60. The predicted octanol–water partition coefficient (Wildman–Crippen LogP) is 4.44. The Bertz CT molecular complexity index is 616. The number of nitrogens with zero attached hydrogens (tertiary/aromatic N) is 1. The van der Waals surface area contributed by atoms with E-state index in [2.05, 4.69) is 11.0 Å². The molecule has 0 aliphatic carbocycles. The first-order valence-corrected chi connectivity index (χ1v) is 6.45. The summed E-state index contributed by atoms with van der Waals surface area (Å²) in [6.07, 6.45) is -3.44. The number of benzene rings is 2. The Labute approximate surface area is 115 Å². The normalized spacial score (nSPS) is 18.2. The van der Waals surface area contributed by atoms with Gasteiger partial charge >= 0.3 is 6.18 Å². The van der Waals surface area contributed by atoms with Gasteiger partial charge in [0.25, 0.3) is 0 Å². The van der Waals surface area contributed by atoms with Crippen LogP contribution in [0.3, 0.4) is 0 Å². The summed E-state index contributed by atoms with van der Waals surface area (Å²) >= 11 is 0. The van der Waals surface area contributed by atoms with Gasteiger partial charge in [-0.1, -0.05) is 30.3 Å². The SMILES string of the molecule is CN1c2ccccc2CC1c1ccc(C(F)(F)F)cc1. The zero-order valence-electron chi connectivity index (χ0n) is 11.0. The number of rotatable bonds is 1. The van der Waals surface area contributed by atoms with E-state index in [-0.39, 0.29) is 6.04 Å². The summed E-state index contributed by atoms with van der Waals surface area (Å²) in [5.41, 5.74) is 2.70. The van der Waals surface area contributed by atoms with Crippen LogP contribution in [0.2, 0.25) is 0 Å². The number of alkyl halides is 3. The van der Waals surface area contributed by atoms with Gasteiger partial charge in [0.05, 0.1) is 11.6 Å². The van der Waals surface area contributed by atoms with E-state index in [1.807, 2.05) is 25.2 Å². The third-order valence-corrected chi connectivity index (χ3v) is 3.88. The first-order valence-electron chi connectivity index (χ1n) is 6.45. The maximum atomic E-state index is 12.6. The number of anilines is 1. The van der Waals surface area contributed by atoms with E-state index in [9.17, 15) is 13.2 Å². The molecule has 1 unspecified atom stereocenters. The van der Waals surface area contributed by atoms with Crippen LogP contribution in [-0.4, -0.2) is 7.05 Å². The van der Waals surface area contributed by atoms with Gasteiger partial charge < -0.3 is 4.90 Å². The molecule has 0 fully saturated rings. The van der Waals surface area contributed by atoms with Gasteiger partial charge in [0.15, 0.2) is 0 Å². The minimum absolute atomic E-state index is 0.106. The van der Waals surface area contributed by atoms with Crippen molar-refractivity contribution in [3.05, 3.63) is 65.2 Å². The first kappa shape index (κ1) is 13.0. The molecule has 0 amide bonds. The van der Waals surface area contributed by atoms with Crippen molar-refractivity contribution < 1.29 is 13.2 Å². The molecule has 3 rings (SSSR count). The molecule has 0 bridgehead atoms. The summed E-state index contributed by atoms with van der Waals surface area (Å²) in [7, 11) is 1.98. The van der Waals surface area contributed by atoms with E-state index < -0.39 is 11.7 Å². The second-order valence-electron chi connectivity index (χ2n) is 5.08. The van der Waals surface area contributed by atoms with Crippen molar-refractivity contribution in [3.63, 3.8) is 0 Å². The Morgan fingerprint density at radius 2 is 1.65 bits per heavy atom. The molecule has 1 aliphatic heterocycles. The van der Waals surface area contributed by atoms with E-state index in [0.717, 1.165) is 29.8 Å². The van der Waals surface area contributed by atoms with Crippen molar-refractivity contribution >= 4 is 5.69 Å². The van der Waals surface area contributed by atoms with E-state index >= 15 is 0 Å². The molecule has 4 heteroatoms. The highest BCUT2D eigenvalue weighted by Crippen LogP contribution is 2.39. The second-order valence-corrected chi connectivity index (χ2v) is 5.08. The maximum Gasteiger partial charge on any atom is 0.416 e. The Kier molecular flexibility index (Phi) is 2.96. The van der Waals surface area contributed by atoms with E-state index in [1.54, 1.807) is 12.1 Å². The molecule has 20 heavy (non-hydrogen) atoms. The van der Waals surface area contributed by atoms with Crippen LogP contribution >= 0.6 is 0 Å². The fourth-order valence-electron chi connectivity index (χ4n) is 2.78. The Morgan fingerprint density at radius 3 is 2.25 bits per heavy atom. The zero-order chi connectivity index (χ0) is 14.3. The molecule has 2 aromatic carbocycles. The molecule has 2 aromatic rings. The molecule has 0 aromatic heterocycles. The lowest BCUT2D eigenvalue weighted by molar-refractivity contribution is -0.137. The van der Waals surface area contributed by atoms with Gasteiger partial charge in [0, 0.05) is 12.7 Å². The molecule has 0 N–H and O–H groups in total. The van der Waals surface area contributed by atoms with Crippen LogP contribution in [0, 0.1) is 0 Å². The summed E-state index contributed by atoms with van der Waals surface area (Å²) < 4.78 is 37.7. The van der Waals surface area contributed by atoms with Crippen LogP contribution in [-0.2, 0) is 12.6 Å². The van der Waals surface area contributed by atoms with Crippen LogP contribution in [0.5, 0.6) is 0 Å². The molecular formula is C16H14F3N. The maximum absolute atomic E-state index is 12.6. The molecular weight excluding hydrogens is 263 g/mol. The average Bonchev–Trinajstić information content (AvgIpc) is 2.76. The van der Waals surface area contributed by atoms with Crippen molar-refractivity contribution in [1.82, 2.24) is 0 Å². The van der Waals surface area contributed by atoms with Crippen molar-refractivity contribution in [2.75, 3.05) is 11.9 Å². The van der Waals surface area contributed by atoms with Crippen LogP contribution in [0.15, 0.2) is 48.5 Å². The standard InChI is InChI=1S/C16H14F3N/c1-20-14-5-3-2-4-12(14)10-15(20)11-6-8-13(9-7-11)16(17,18)19/h2-9,15H,10H2,1H3. The van der Waals surface area contributed by atoms with E-state index in [4.69, 9.17) is 0 Å². The molecule has 1 aliphatic rings. The number of fused-ring (bicyclic) bond motifs is 1. The van der Waals surface area contributed by atoms with E-state index in [1.165, 1.54) is 5.56 Å². The van der Waals surface area contributed by atoms with Crippen LogP contribution in [0.25, 0.3) is 0 Å². The largest absolute Gasteiger partial charge is 0.416 e. The van der Waals surface area contributed by atoms with Crippen molar-refractivity contribution in [3.8, 4) is 0 Å². The van der Waals surface area contributed by atoms with Crippen LogP contribution < -0.4 is 4.90 Å². The summed E-state index contributed by atoms with van der Waals surface area (Å²) in [5.74, 6) is 0. The molecule has 0 saturated carbocycles. The zero-order valence-corrected chi connectivity index (χ0v) is 11.0.